The Kier molecular flexibility index (Phi) is 2.83. The fourth-order valence-electron chi connectivity index (χ4n) is 1.66. The summed E-state index contributed by atoms with van der Waals surface area (Å²) in [5.41, 5.74) is 8.35. The molecular formula is C12H15N3. The Bertz CT molecular complexity index is 420. The molecule has 3 nitrogen and oxygen atoms in total. The molecule has 1 aromatic carbocycles. The predicted octanol–water partition coefficient (Wildman–Crippen LogP) is 2.28. The Hall–Kier alpha value is -1.61. The number of rotatable bonds is 3. The van der Waals surface area contributed by atoms with Gasteiger partial charge in [-0.25, -0.2) is 4.98 Å². The molecule has 0 fully saturated rings. The van der Waals surface area contributed by atoms with Crippen molar-refractivity contribution in [2.75, 3.05) is 0 Å². The summed E-state index contributed by atoms with van der Waals surface area (Å²) >= 11 is 0. The van der Waals surface area contributed by atoms with Crippen LogP contribution in [0.15, 0.2) is 43.0 Å². The third-order valence-electron chi connectivity index (χ3n) is 2.56. The lowest BCUT2D eigenvalue weighted by Gasteiger charge is -2.14. The Morgan fingerprint density at radius 1 is 1.40 bits per heavy atom. The van der Waals surface area contributed by atoms with Crippen LogP contribution in [0.25, 0.3) is 5.69 Å². The second-order valence-corrected chi connectivity index (χ2v) is 3.54. The van der Waals surface area contributed by atoms with Gasteiger partial charge < -0.3 is 10.3 Å². The maximum absolute atomic E-state index is 6.07. The number of aromatic nitrogens is 2. The molecule has 0 amide bonds. The van der Waals surface area contributed by atoms with E-state index in [9.17, 15) is 0 Å². The first kappa shape index (κ1) is 9.93. The van der Waals surface area contributed by atoms with E-state index >= 15 is 0 Å². The first-order valence-electron chi connectivity index (χ1n) is 5.15. The monoisotopic (exact) mass is 201 g/mol. The molecule has 78 valence electrons. The van der Waals surface area contributed by atoms with Gasteiger partial charge in [0, 0.05) is 18.4 Å². The van der Waals surface area contributed by atoms with Gasteiger partial charge in [-0.3, -0.25) is 0 Å². The number of nitrogens with two attached hydrogens (primary N) is 1. The van der Waals surface area contributed by atoms with Gasteiger partial charge in [-0.2, -0.15) is 0 Å². The molecule has 2 rings (SSSR count). The molecule has 1 unspecified atom stereocenters. The Balaban J connectivity index is 2.47. The van der Waals surface area contributed by atoms with Crippen molar-refractivity contribution in [3.63, 3.8) is 0 Å². The highest BCUT2D eigenvalue weighted by atomic mass is 15.0. The lowest BCUT2D eigenvalue weighted by Crippen LogP contribution is -2.11. The van der Waals surface area contributed by atoms with Crippen molar-refractivity contribution in [1.29, 1.82) is 0 Å². The summed E-state index contributed by atoms with van der Waals surface area (Å²) in [5, 5.41) is 0. The van der Waals surface area contributed by atoms with Crippen LogP contribution in [0, 0.1) is 0 Å². The first-order valence-corrected chi connectivity index (χ1v) is 5.15. The number of nitrogens with zero attached hydrogens (tertiary/aromatic N) is 2. The molecule has 2 aromatic rings. The van der Waals surface area contributed by atoms with Crippen LogP contribution in [-0.4, -0.2) is 9.55 Å². The highest BCUT2D eigenvalue weighted by Crippen LogP contribution is 2.21. The molecular weight excluding hydrogens is 186 g/mol. The zero-order valence-electron chi connectivity index (χ0n) is 8.80. The highest BCUT2D eigenvalue weighted by molar-refractivity contribution is 5.42. The summed E-state index contributed by atoms with van der Waals surface area (Å²) in [6, 6.07) is 8.26. The standard InChI is InChI=1S/C12H15N3/c1-2-11(13)10-5-3-4-6-12(10)15-8-7-14-9-15/h3-9,11H,2,13H2,1H3. The second-order valence-electron chi connectivity index (χ2n) is 3.54. The van der Waals surface area contributed by atoms with Gasteiger partial charge in [0.1, 0.15) is 0 Å². The summed E-state index contributed by atoms with van der Waals surface area (Å²) in [4.78, 5) is 4.05. The quantitative estimate of drug-likeness (QED) is 0.828. The number of hydrogen-bond donors (Lipinski definition) is 1. The van der Waals surface area contributed by atoms with Crippen LogP contribution in [0.1, 0.15) is 24.9 Å². The molecule has 0 bridgehead atoms. The Labute approximate surface area is 89.6 Å². The fraction of sp³-hybridized carbons (Fsp3) is 0.250. The van der Waals surface area contributed by atoms with Gasteiger partial charge in [0.25, 0.3) is 0 Å². The normalized spacial score (nSPS) is 12.7. The van der Waals surface area contributed by atoms with Crippen molar-refractivity contribution in [2.45, 2.75) is 19.4 Å². The van der Waals surface area contributed by atoms with E-state index in [4.69, 9.17) is 5.73 Å². The van der Waals surface area contributed by atoms with Crippen LogP contribution in [0.3, 0.4) is 0 Å². The molecule has 0 aliphatic heterocycles. The van der Waals surface area contributed by atoms with Crippen molar-refractivity contribution >= 4 is 0 Å². The Morgan fingerprint density at radius 2 is 2.20 bits per heavy atom. The zero-order chi connectivity index (χ0) is 10.7. The smallest absolute Gasteiger partial charge is 0.0991 e. The maximum atomic E-state index is 6.07. The summed E-state index contributed by atoms with van der Waals surface area (Å²) in [5.74, 6) is 0. The topological polar surface area (TPSA) is 43.8 Å². The largest absolute Gasteiger partial charge is 0.324 e. The minimum atomic E-state index is 0.0867. The molecule has 1 atom stereocenters. The molecule has 1 heterocycles. The van der Waals surface area contributed by atoms with Crippen molar-refractivity contribution < 1.29 is 0 Å². The van der Waals surface area contributed by atoms with Crippen LogP contribution in [-0.2, 0) is 0 Å². The molecule has 0 radical (unpaired) electrons. The first-order chi connectivity index (χ1) is 7.33. The summed E-state index contributed by atoms with van der Waals surface area (Å²) in [7, 11) is 0. The average Bonchev–Trinajstić information content (AvgIpc) is 2.81. The molecule has 1 aromatic heterocycles. The average molecular weight is 201 g/mol. The van der Waals surface area contributed by atoms with Crippen LogP contribution < -0.4 is 5.73 Å². The van der Waals surface area contributed by atoms with E-state index in [1.807, 2.05) is 22.9 Å². The second kappa shape index (κ2) is 4.28. The van der Waals surface area contributed by atoms with Crippen molar-refractivity contribution in [3.05, 3.63) is 48.5 Å². The van der Waals surface area contributed by atoms with Crippen molar-refractivity contribution in [3.8, 4) is 5.69 Å². The molecule has 2 N–H and O–H groups in total. The van der Waals surface area contributed by atoms with E-state index in [1.54, 1.807) is 12.5 Å². The van der Waals surface area contributed by atoms with E-state index < -0.39 is 0 Å². The SMILES string of the molecule is CCC(N)c1ccccc1-n1ccnc1. The number of hydrogen-bond acceptors (Lipinski definition) is 2. The predicted molar refractivity (Wildman–Crippen MR) is 60.8 cm³/mol. The third-order valence-corrected chi connectivity index (χ3v) is 2.56. The van der Waals surface area contributed by atoms with E-state index in [0.717, 1.165) is 17.7 Å². The summed E-state index contributed by atoms with van der Waals surface area (Å²) in [6.45, 7) is 2.09. The molecule has 3 heteroatoms. The number of imidazole rings is 1. The maximum Gasteiger partial charge on any atom is 0.0991 e. The molecule has 0 aliphatic rings. The van der Waals surface area contributed by atoms with E-state index in [2.05, 4.69) is 24.0 Å². The van der Waals surface area contributed by atoms with E-state index in [0.29, 0.717) is 0 Å². The molecule has 0 saturated carbocycles. The van der Waals surface area contributed by atoms with Gasteiger partial charge in [0.05, 0.1) is 12.0 Å². The van der Waals surface area contributed by atoms with E-state index in [1.165, 1.54) is 0 Å². The van der Waals surface area contributed by atoms with Gasteiger partial charge in [0.15, 0.2) is 0 Å². The fourth-order valence-corrected chi connectivity index (χ4v) is 1.66. The van der Waals surface area contributed by atoms with E-state index in [-0.39, 0.29) is 6.04 Å². The van der Waals surface area contributed by atoms with Crippen LogP contribution in [0.5, 0.6) is 0 Å². The van der Waals surface area contributed by atoms with Crippen LogP contribution in [0.2, 0.25) is 0 Å². The van der Waals surface area contributed by atoms with Gasteiger partial charge in [-0.1, -0.05) is 25.1 Å². The Morgan fingerprint density at radius 3 is 2.87 bits per heavy atom. The lowest BCUT2D eigenvalue weighted by atomic mass is 10.0. The zero-order valence-corrected chi connectivity index (χ0v) is 8.80. The minimum absolute atomic E-state index is 0.0867. The van der Waals surface area contributed by atoms with Crippen molar-refractivity contribution in [1.82, 2.24) is 9.55 Å². The molecule has 15 heavy (non-hydrogen) atoms. The van der Waals surface area contributed by atoms with Crippen LogP contribution >= 0.6 is 0 Å². The van der Waals surface area contributed by atoms with Gasteiger partial charge in [-0.15, -0.1) is 0 Å². The summed E-state index contributed by atoms with van der Waals surface area (Å²) in [6.07, 6.45) is 6.43. The van der Waals surface area contributed by atoms with Crippen molar-refractivity contribution in [2.24, 2.45) is 5.73 Å². The molecule has 0 saturated heterocycles. The lowest BCUT2D eigenvalue weighted by molar-refractivity contribution is 0.692. The van der Waals surface area contributed by atoms with Crippen LogP contribution in [0.4, 0.5) is 0 Å². The number of benzene rings is 1. The highest BCUT2D eigenvalue weighted by Gasteiger charge is 2.09. The van der Waals surface area contributed by atoms with Gasteiger partial charge >= 0.3 is 0 Å². The number of para-hydroxylation sites is 1. The molecule has 0 aliphatic carbocycles. The molecule has 0 spiro atoms. The third kappa shape index (κ3) is 1.92. The summed E-state index contributed by atoms with van der Waals surface area (Å²) < 4.78 is 1.99. The van der Waals surface area contributed by atoms with Gasteiger partial charge in [-0.05, 0) is 18.1 Å². The van der Waals surface area contributed by atoms with Gasteiger partial charge in [0.2, 0.25) is 0 Å². The minimum Gasteiger partial charge on any atom is -0.324 e.